The van der Waals surface area contributed by atoms with E-state index >= 15 is 0 Å². The Balaban J connectivity index is 0.000000143. The van der Waals surface area contributed by atoms with Crippen LogP contribution in [0.25, 0.3) is 75.4 Å². The van der Waals surface area contributed by atoms with E-state index < -0.39 is 0 Å². The molecule has 0 fully saturated rings. The maximum Gasteiger partial charge on any atom is 0.231 e. The van der Waals surface area contributed by atoms with Crippen LogP contribution in [-0.2, 0) is 4.74 Å². The van der Waals surface area contributed by atoms with E-state index in [0.717, 1.165) is 227 Å². The van der Waals surface area contributed by atoms with Gasteiger partial charge in [-0.15, -0.1) is 0 Å². The van der Waals surface area contributed by atoms with E-state index in [1.807, 2.05) is 194 Å². The molecule has 26 heteroatoms. The molecule has 11 heterocycles. The fraction of sp³-hybridized carbons (Fsp3) is 0.250. The second-order valence-corrected chi connectivity index (χ2v) is 29.5. The lowest BCUT2D eigenvalue weighted by Gasteiger charge is -2.15. The van der Waals surface area contributed by atoms with Gasteiger partial charge in [-0.05, 0) is 237 Å². The predicted molar refractivity (Wildman–Crippen MR) is 502 cm³/mol. The number of hydrogen-bond acceptors (Lipinski definition) is 21. The summed E-state index contributed by atoms with van der Waals surface area (Å²) in [7, 11) is 22.9. The molecule has 26 nitrogen and oxygen atoms in total. The van der Waals surface area contributed by atoms with E-state index in [9.17, 15) is 0 Å². The van der Waals surface area contributed by atoms with Crippen molar-refractivity contribution < 1.29 is 75.8 Å². The molecule has 0 amide bonds. The molecule has 10 aromatic rings. The Hall–Kier alpha value is -15.0. The number of H-pyrrole nitrogens is 5. The molecule has 6 aliphatic rings. The Morgan fingerprint density at radius 3 is 1.13 bits per heavy atom. The number of methoxy groups -OCH3 is 14. The standard InChI is InChI=1S/C21H24N2O4.3C20H22N2O3.C19H18N2O3/c1-12-9-13(2)22-15(12)10-17-19(25-4)11-16(23-17)14-7-8-18(24-3)21(27-6)20(14)26-5;1-12-8-13(2)21-15(12)10-17-19(24-4)11-16(22-17)14-6-7-18(23-3)20(9-14)25-5;1-12-8-13(2)21-16(12)10-18-20(25-5)11-17(22-18)15-9-14(23-3)6-7-19(15)24-4;1-12-8-13(2)21-16(12)10-18-20(25-5)11-17(22-18)15-7-6-14(23-3)9-19(15)24-4;1-11-6-12(2)20-14(11)8-16-18(22-3)9-15(21-16)13-4-5-17-19(7-13)24-10-23-17/h7-11,23H,1-6H3;3*6-11,22H,1-5H3;4-9,20H,10H2,1-3H3/b;;;;16-8-. The summed E-state index contributed by atoms with van der Waals surface area (Å²) < 4.78 is 87.1. The van der Waals surface area contributed by atoms with Crippen molar-refractivity contribution in [2.75, 3.05) is 106 Å². The molecule has 0 aliphatic carbocycles. The van der Waals surface area contributed by atoms with E-state index in [-0.39, 0.29) is 6.79 Å². The average molecular weight is 1710 g/mol. The minimum Gasteiger partial charge on any atom is -0.497 e. The van der Waals surface area contributed by atoms with Crippen LogP contribution in [0.3, 0.4) is 0 Å². The molecule has 0 bridgehead atoms. The Morgan fingerprint density at radius 2 is 0.690 bits per heavy atom. The minimum absolute atomic E-state index is 0.265. The number of aromatic amines is 5. The van der Waals surface area contributed by atoms with Gasteiger partial charge < -0.3 is 101 Å². The SMILES string of the molecule is COC1=CC(c2ccc3c(c2)OCO3)=N/C1=C\c1[nH]c(C)cc1C.COc1cc(-c2ccc(OC)c(OC)c2OC)[nH]c1C=C1N=C(C)C=C1C.COc1ccc(-c2cc(OC)c(C=C3N=C(C)C=C3C)[nH]2)c(OC)c1.COc1ccc(-c2cc(OC)c(C=C3N=C(C)C=C3C)[nH]2)cc1OC.COc1ccc(OC)c(-c2cc(OC)c(C=C3N=C(C)C=C3C)[nH]2)c1. The van der Waals surface area contributed by atoms with E-state index in [2.05, 4.69) is 96.0 Å². The molecule has 0 saturated heterocycles. The van der Waals surface area contributed by atoms with Crippen LogP contribution >= 0.6 is 0 Å². The molecule has 126 heavy (non-hydrogen) atoms. The topological polar surface area (TPSA) is 288 Å². The fourth-order valence-electron chi connectivity index (χ4n) is 14.7. The lowest BCUT2D eigenvalue weighted by Crippen LogP contribution is -1.97. The first-order valence-electron chi connectivity index (χ1n) is 40.3. The molecule has 5 aromatic heterocycles. The minimum atomic E-state index is 0.265. The van der Waals surface area contributed by atoms with Crippen molar-refractivity contribution in [2.24, 2.45) is 25.0 Å². The summed E-state index contributed by atoms with van der Waals surface area (Å²) in [5.41, 5.74) is 28.9. The molecule has 16 rings (SSSR count). The Morgan fingerprint density at radius 1 is 0.278 bits per heavy atom. The van der Waals surface area contributed by atoms with Gasteiger partial charge in [0.1, 0.15) is 57.5 Å². The van der Waals surface area contributed by atoms with Crippen LogP contribution in [0.5, 0.6) is 86.2 Å². The van der Waals surface area contributed by atoms with E-state index in [1.165, 1.54) is 5.56 Å². The Kier molecular flexibility index (Phi) is 29.3. The van der Waals surface area contributed by atoms with Gasteiger partial charge in [0, 0.05) is 104 Å². The molecular weight excluding hydrogens is 1600 g/mol. The van der Waals surface area contributed by atoms with Gasteiger partial charge in [-0.1, -0.05) is 0 Å². The number of ether oxygens (including phenoxy) is 16. The van der Waals surface area contributed by atoms with Crippen molar-refractivity contribution in [1.82, 2.24) is 24.9 Å². The first kappa shape index (κ1) is 90.3. The van der Waals surface area contributed by atoms with Crippen LogP contribution in [-0.4, -0.2) is 160 Å². The second kappa shape index (κ2) is 40.8. The maximum atomic E-state index is 5.60. The van der Waals surface area contributed by atoms with Crippen LogP contribution in [0.1, 0.15) is 101 Å². The van der Waals surface area contributed by atoms with Crippen molar-refractivity contribution in [3.63, 3.8) is 0 Å². The van der Waals surface area contributed by atoms with Crippen LogP contribution in [0.2, 0.25) is 0 Å². The van der Waals surface area contributed by atoms with E-state index in [0.29, 0.717) is 28.7 Å². The zero-order chi connectivity index (χ0) is 90.2. The van der Waals surface area contributed by atoms with Gasteiger partial charge in [0.05, 0.1) is 168 Å². The molecule has 5 N–H and O–H groups in total. The molecule has 0 spiro atoms. The number of aryl methyl sites for hydroxylation is 2. The van der Waals surface area contributed by atoms with Crippen LogP contribution < -0.4 is 71.1 Å². The van der Waals surface area contributed by atoms with E-state index in [4.69, 9.17) is 80.8 Å². The van der Waals surface area contributed by atoms with Crippen molar-refractivity contribution in [3.8, 4) is 131 Å². The van der Waals surface area contributed by atoms with Gasteiger partial charge in [0.15, 0.2) is 34.5 Å². The van der Waals surface area contributed by atoms with Gasteiger partial charge in [-0.25, -0.2) is 4.99 Å². The summed E-state index contributed by atoms with van der Waals surface area (Å²) in [5, 5.41) is 0. The summed E-state index contributed by atoms with van der Waals surface area (Å²) in [5.74, 6) is 11.4. The lowest BCUT2D eigenvalue weighted by molar-refractivity contribution is 0.174. The predicted octanol–water partition coefficient (Wildman–Crippen LogP) is 21.6. The fourth-order valence-corrected chi connectivity index (χ4v) is 14.7. The number of rotatable bonds is 24. The van der Waals surface area contributed by atoms with Crippen LogP contribution in [0.15, 0.2) is 227 Å². The number of allylic oxidation sites excluding steroid dienone is 9. The summed E-state index contributed by atoms with van der Waals surface area (Å²) in [4.78, 5) is 39.9. The molecule has 0 unspecified atom stereocenters. The maximum absolute atomic E-state index is 5.60. The quantitative estimate of drug-likeness (QED) is 0.0376. The first-order chi connectivity index (χ1) is 60.8. The highest BCUT2D eigenvalue weighted by Gasteiger charge is 2.26. The average Bonchev–Trinajstić information content (AvgIpc) is 1.67. The van der Waals surface area contributed by atoms with E-state index in [1.54, 1.807) is 99.5 Å². The van der Waals surface area contributed by atoms with Gasteiger partial charge in [-0.2, -0.15) is 0 Å². The van der Waals surface area contributed by atoms with Crippen molar-refractivity contribution in [1.29, 1.82) is 0 Å². The highest BCUT2D eigenvalue weighted by molar-refractivity contribution is 6.12. The molecule has 0 saturated carbocycles. The van der Waals surface area contributed by atoms with Crippen molar-refractivity contribution in [3.05, 3.63) is 247 Å². The lowest BCUT2D eigenvalue weighted by atomic mass is 10.1. The van der Waals surface area contributed by atoms with Crippen molar-refractivity contribution >= 4 is 58.9 Å². The number of fused-ring (bicyclic) bond motifs is 1. The molecule has 5 aromatic carbocycles. The van der Waals surface area contributed by atoms with Crippen LogP contribution in [0, 0.1) is 13.8 Å². The monoisotopic (exact) mass is 1700 g/mol. The van der Waals surface area contributed by atoms with Gasteiger partial charge in [0.25, 0.3) is 0 Å². The molecule has 0 radical (unpaired) electrons. The number of benzene rings is 5. The Labute approximate surface area is 735 Å². The highest BCUT2D eigenvalue weighted by Crippen LogP contribution is 2.47. The first-order valence-corrected chi connectivity index (χ1v) is 40.3. The number of aliphatic imine (C=N–C) groups is 5. The summed E-state index contributed by atoms with van der Waals surface area (Å²) in [6, 6.07) is 36.7. The highest BCUT2D eigenvalue weighted by atomic mass is 16.7. The molecular formula is C100H108N10O16. The largest absolute Gasteiger partial charge is 0.497 e. The zero-order valence-electron chi connectivity index (χ0n) is 75.7. The summed E-state index contributed by atoms with van der Waals surface area (Å²) in [6.07, 6.45) is 20.2. The molecule has 654 valence electrons. The Bertz CT molecular complexity index is 6260. The smallest absolute Gasteiger partial charge is 0.231 e. The number of nitrogens with one attached hydrogen (secondary N) is 5. The number of nitrogens with zero attached hydrogens (tertiary/aromatic N) is 5. The van der Waals surface area contributed by atoms with Gasteiger partial charge in [-0.3, -0.25) is 20.0 Å². The zero-order valence-corrected chi connectivity index (χ0v) is 75.7. The number of hydrogen-bond donors (Lipinski definition) is 5. The second-order valence-electron chi connectivity index (χ2n) is 29.5. The summed E-state index contributed by atoms with van der Waals surface area (Å²) >= 11 is 0. The van der Waals surface area contributed by atoms with Crippen molar-refractivity contribution in [2.45, 2.75) is 69.2 Å². The number of aromatic nitrogens is 5. The summed E-state index contributed by atoms with van der Waals surface area (Å²) in [6.45, 7) is 20.5. The van der Waals surface area contributed by atoms with Crippen LogP contribution in [0.4, 0.5) is 0 Å². The molecule has 0 atom stereocenters. The third-order valence-electron chi connectivity index (χ3n) is 21.0. The van der Waals surface area contributed by atoms with Gasteiger partial charge in [0.2, 0.25) is 12.5 Å². The third-order valence-corrected chi connectivity index (χ3v) is 21.0. The normalized spacial score (nSPS) is 15.5. The molecule has 6 aliphatic heterocycles. The third kappa shape index (κ3) is 20.7. The van der Waals surface area contributed by atoms with Gasteiger partial charge >= 0.3 is 0 Å².